The first-order chi connectivity index (χ1) is 12.3. The van der Waals surface area contributed by atoms with E-state index in [2.05, 4.69) is 56.5 Å². The fourth-order valence-electron chi connectivity index (χ4n) is 2.64. The van der Waals surface area contributed by atoms with Crippen LogP contribution in [0.4, 0.5) is 17.5 Å². The SMILES string of the molecule is CCCCCCNc1ncc2ncnc(Nc3cccc(C)c3)c2n1. The minimum atomic E-state index is 0.617. The highest BCUT2D eigenvalue weighted by Gasteiger charge is 2.08. The second kappa shape index (κ2) is 8.37. The van der Waals surface area contributed by atoms with Crippen molar-refractivity contribution in [2.75, 3.05) is 17.2 Å². The van der Waals surface area contributed by atoms with E-state index in [1.54, 1.807) is 6.20 Å². The molecule has 3 aromatic rings. The highest BCUT2D eigenvalue weighted by Crippen LogP contribution is 2.22. The maximum atomic E-state index is 4.60. The van der Waals surface area contributed by atoms with Crippen molar-refractivity contribution in [2.24, 2.45) is 0 Å². The Morgan fingerprint density at radius 3 is 2.80 bits per heavy atom. The number of nitrogens with zero attached hydrogens (tertiary/aromatic N) is 4. The van der Waals surface area contributed by atoms with Crippen molar-refractivity contribution in [3.63, 3.8) is 0 Å². The van der Waals surface area contributed by atoms with Gasteiger partial charge < -0.3 is 10.6 Å². The molecular formula is C19H24N6. The molecule has 0 aliphatic carbocycles. The Balaban J connectivity index is 1.77. The van der Waals surface area contributed by atoms with E-state index in [1.807, 2.05) is 12.1 Å². The molecule has 0 saturated carbocycles. The predicted octanol–water partition coefficient (Wildman–Crippen LogP) is 4.46. The zero-order valence-electron chi connectivity index (χ0n) is 14.8. The Hall–Kier alpha value is -2.76. The van der Waals surface area contributed by atoms with E-state index >= 15 is 0 Å². The summed E-state index contributed by atoms with van der Waals surface area (Å²) in [6.07, 6.45) is 8.10. The average Bonchev–Trinajstić information content (AvgIpc) is 2.62. The molecular weight excluding hydrogens is 312 g/mol. The monoisotopic (exact) mass is 336 g/mol. The number of hydrogen-bond donors (Lipinski definition) is 2. The average molecular weight is 336 g/mol. The van der Waals surface area contributed by atoms with Crippen LogP contribution in [0, 0.1) is 6.92 Å². The fraction of sp³-hybridized carbons (Fsp3) is 0.368. The molecule has 0 saturated heterocycles. The van der Waals surface area contributed by atoms with E-state index < -0.39 is 0 Å². The second-order valence-electron chi connectivity index (χ2n) is 6.13. The molecule has 0 aliphatic heterocycles. The van der Waals surface area contributed by atoms with Gasteiger partial charge in [-0.2, -0.15) is 0 Å². The number of aryl methyl sites for hydroxylation is 1. The van der Waals surface area contributed by atoms with Crippen molar-refractivity contribution in [3.05, 3.63) is 42.4 Å². The zero-order chi connectivity index (χ0) is 17.5. The lowest BCUT2D eigenvalue weighted by molar-refractivity contribution is 0.683. The molecule has 2 heterocycles. The first-order valence-electron chi connectivity index (χ1n) is 8.81. The lowest BCUT2D eigenvalue weighted by atomic mass is 10.2. The Kier molecular flexibility index (Phi) is 5.72. The van der Waals surface area contributed by atoms with E-state index in [0.29, 0.717) is 11.8 Å². The molecule has 0 amide bonds. The van der Waals surface area contributed by atoms with Crippen LogP contribution >= 0.6 is 0 Å². The minimum absolute atomic E-state index is 0.617. The third-order valence-electron chi connectivity index (χ3n) is 3.97. The number of anilines is 3. The lowest BCUT2D eigenvalue weighted by Crippen LogP contribution is -2.06. The molecule has 25 heavy (non-hydrogen) atoms. The van der Waals surface area contributed by atoms with Crippen LogP contribution in [0.25, 0.3) is 11.0 Å². The summed E-state index contributed by atoms with van der Waals surface area (Å²) in [7, 11) is 0. The largest absolute Gasteiger partial charge is 0.354 e. The summed E-state index contributed by atoms with van der Waals surface area (Å²) in [5.41, 5.74) is 3.61. The molecule has 0 radical (unpaired) electrons. The summed E-state index contributed by atoms with van der Waals surface area (Å²) in [6.45, 7) is 5.15. The number of fused-ring (bicyclic) bond motifs is 1. The van der Waals surface area contributed by atoms with Gasteiger partial charge in [-0.3, -0.25) is 0 Å². The van der Waals surface area contributed by atoms with E-state index in [0.717, 1.165) is 29.7 Å². The Morgan fingerprint density at radius 2 is 1.96 bits per heavy atom. The number of nitrogens with one attached hydrogen (secondary N) is 2. The van der Waals surface area contributed by atoms with Gasteiger partial charge in [-0.25, -0.2) is 19.9 Å². The van der Waals surface area contributed by atoms with Gasteiger partial charge in [-0.1, -0.05) is 38.3 Å². The molecule has 0 atom stereocenters. The molecule has 6 nitrogen and oxygen atoms in total. The summed E-state index contributed by atoms with van der Waals surface area (Å²) in [5, 5.41) is 6.62. The predicted molar refractivity (Wildman–Crippen MR) is 102 cm³/mol. The normalized spacial score (nSPS) is 10.8. The molecule has 2 N–H and O–H groups in total. The van der Waals surface area contributed by atoms with Crippen molar-refractivity contribution in [2.45, 2.75) is 39.5 Å². The highest BCUT2D eigenvalue weighted by atomic mass is 15.1. The van der Waals surface area contributed by atoms with Crippen LogP contribution in [0.15, 0.2) is 36.8 Å². The lowest BCUT2D eigenvalue weighted by Gasteiger charge is -2.10. The van der Waals surface area contributed by atoms with Crippen molar-refractivity contribution < 1.29 is 0 Å². The summed E-state index contributed by atoms with van der Waals surface area (Å²) in [4.78, 5) is 17.6. The van der Waals surface area contributed by atoms with Crippen LogP contribution in [0.5, 0.6) is 0 Å². The van der Waals surface area contributed by atoms with Gasteiger partial charge in [0, 0.05) is 12.2 Å². The summed E-state index contributed by atoms with van der Waals surface area (Å²) in [5.74, 6) is 1.30. The molecule has 0 unspecified atom stereocenters. The van der Waals surface area contributed by atoms with Gasteiger partial charge in [0.2, 0.25) is 5.95 Å². The zero-order valence-corrected chi connectivity index (χ0v) is 14.8. The maximum Gasteiger partial charge on any atom is 0.223 e. The van der Waals surface area contributed by atoms with E-state index in [-0.39, 0.29) is 0 Å². The number of benzene rings is 1. The molecule has 3 rings (SSSR count). The van der Waals surface area contributed by atoms with Crippen LogP contribution < -0.4 is 10.6 Å². The molecule has 130 valence electrons. The quantitative estimate of drug-likeness (QED) is 0.591. The standard InChI is InChI=1S/C19H24N6/c1-3-4-5-6-10-20-19-21-12-16-17(25-19)18(23-13-22-16)24-15-9-7-8-14(2)11-15/h7-9,11-13H,3-6,10H2,1-2H3,(H,20,21,25)(H,22,23,24). The number of unbranched alkanes of at least 4 members (excludes halogenated alkanes) is 3. The third kappa shape index (κ3) is 4.62. The Morgan fingerprint density at radius 1 is 1.04 bits per heavy atom. The summed E-state index contributed by atoms with van der Waals surface area (Å²) >= 11 is 0. The van der Waals surface area contributed by atoms with E-state index in [1.165, 1.54) is 31.2 Å². The molecule has 6 heteroatoms. The second-order valence-corrected chi connectivity index (χ2v) is 6.13. The Labute approximate surface area is 148 Å². The van der Waals surface area contributed by atoms with Gasteiger partial charge in [-0.05, 0) is 31.0 Å². The molecule has 0 aliphatic rings. The highest BCUT2D eigenvalue weighted by molar-refractivity contribution is 5.87. The van der Waals surface area contributed by atoms with Crippen molar-refractivity contribution in [3.8, 4) is 0 Å². The van der Waals surface area contributed by atoms with Gasteiger partial charge in [0.15, 0.2) is 5.82 Å². The van der Waals surface area contributed by atoms with E-state index in [9.17, 15) is 0 Å². The molecule has 0 spiro atoms. The molecule has 1 aromatic carbocycles. The first kappa shape index (κ1) is 17.1. The minimum Gasteiger partial charge on any atom is -0.354 e. The van der Waals surface area contributed by atoms with Crippen LogP contribution in [0.3, 0.4) is 0 Å². The van der Waals surface area contributed by atoms with Crippen LogP contribution in [-0.2, 0) is 0 Å². The van der Waals surface area contributed by atoms with Crippen LogP contribution in [0.1, 0.15) is 38.2 Å². The maximum absolute atomic E-state index is 4.60. The number of hydrogen-bond acceptors (Lipinski definition) is 6. The van der Waals surface area contributed by atoms with E-state index in [4.69, 9.17) is 0 Å². The number of rotatable bonds is 8. The third-order valence-corrected chi connectivity index (χ3v) is 3.97. The molecule has 0 bridgehead atoms. The van der Waals surface area contributed by atoms with Crippen LogP contribution in [-0.4, -0.2) is 26.5 Å². The fourth-order valence-corrected chi connectivity index (χ4v) is 2.64. The van der Waals surface area contributed by atoms with Crippen LogP contribution in [0.2, 0.25) is 0 Å². The van der Waals surface area contributed by atoms with Crippen molar-refractivity contribution in [1.29, 1.82) is 0 Å². The smallest absolute Gasteiger partial charge is 0.223 e. The van der Waals surface area contributed by atoms with Gasteiger partial charge in [0.1, 0.15) is 17.4 Å². The first-order valence-corrected chi connectivity index (χ1v) is 8.81. The van der Waals surface area contributed by atoms with Gasteiger partial charge in [0.05, 0.1) is 6.20 Å². The summed E-state index contributed by atoms with van der Waals surface area (Å²) in [6, 6.07) is 8.16. The summed E-state index contributed by atoms with van der Waals surface area (Å²) < 4.78 is 0. The van der Waals surface area contributed by atoms with Gasteiger partial charge in [0.25, 0.3) is 0 Å². The molecule has 2 aromatic heterocycles. The van der Waals surface area contributed by atoms with Crippen molar-refractivity contribution >= 4 is 28.5 Å². The van der Waals surface area contributed by atoms with Gasteiger partial charge in [-0.15, -0.1) is 0 Å². The van der Waals surface area contributed by atoms with Crippen molar-refractivity contribution in [1.82, 2.24) is 19.9 Å². The van der Waals surface area contributed by atoms with Gasteiger partial charge >= 0.3 is 0 Å². The molecule has 0 fully saturated rings. The Bertz CT molecular complexity index is 833. The topological polar surface area (TPSA) is 75.6 Å². The number of aromatic nitrogens is 4.